The summed E-state index contributed by atoms with van der Waals surface area (Å²) in [4.78, 5) is 14.1. The van der Waals surface area contributed by atoms with Gasteiger partial charge in [-0.3, -0.25) is 4.79 Å². The summed E-state index contributed by atoms with van der Waals surface area (Å²) in [6.07, 6.45) is 4.50. The number of Topliss-reactive ketones (excluding diaryl/α,β-unsaturated/α-hetero) is 1. The fourth-order valence-electron chi connectivity index (χ4n) is 2.44. The minimum Gasteiger partial charge on any atom is -0.301 e. The number of rotatable bonds is 5. The summed E-state index contributed by atoms with van der Waals surface area (Å²) in [6, 6.07) is 0.656. The van der Waals surface area contributed by atoms with Gasteiger partial charge < -0.3 is 4.90 Å². The lowest BCUT2D eigenvalue weighted by Crippen LogP contribution is -2.40. The molecule has 2 heteroatoms. The monoisotopic (exact) mass is 225 g/mol. The number of carbonyl (C=O) groups excluding carboxylic acids is 1. The van der Waals surface area contributed by atoms with Gasteiger partial charge in [-0.1, -0.05) is 13.8 Å². The summed E-state index contributed by atoms with van der Waals surface area (Å²) in [5.41, 5.74) is 0. The highest BCUT2D eigenvalue weighted by molar-refractivity contribution is 5.80. The first kappa shape index (κ1) is 13.7. The van der Waals surface area contributed by atoms with Crippen molar-refractivity contribution in [3.63, 3.8) is 0 Å². The molecular formula is C14H27NO. The molecule has 0 bridgehead atoms. The Morgan fingerprint density at radius 3 is 2.56 bits per heavy atom. The van der Waals surface area contributed by atoms with Crippen molar-refractivity contribution in [1.29, 1.82) is 0 Å². The zero-order valence-electron chi connectivity index (χ0n) is 11.3. The topological polar surface area (TPSA) is 20.3 Å². The molecule has 0 N–H and O–H groups in total. The zero-order chi connectivity index (χ0) is 12.1. The van der Waals surface area contributed by atoms with Gasteiger partial charge in [0, 0.05) is 24.9 Å². The largest absolute Gasteiger partial charge is 0.301 e. The third-order valence-electron chi connectivity index (χ3n) is 3.72. The molecule has 0 aliphatic carbocycles. The van der Waals surface area contributed by atoms with Crippen LogP contribution in [0.2, 0.25) is 0 Å². The Balaban J connectivity index is 2.29. The van der Waals surface area contributed by atoms with Crippen molar-refractivity contribution in [1.82, 2.24) is 4.90 Å². The van der Waals surface area contributed by atoms with E-state index in [0.29, 0.717) is 11.8 Å². The van der Waals surface area contributed by atoms with Crippen molar-refractivity contribution in [2.45, 2.75) is 59.4 Å². The fourth-order valence-corrected chi connectivity index (χ4v) is 2.44. The van der Waals surface area contributed by atoms with Crippen LogP contribution in [0.4, 0.5) is 0 Å². The molecule has 1 atom stereocenters. The van der Waals surface area contributed by atoms with Crippen LogP contribution in [-0.4, -0.2) is 29.8 Å². The molecule has 0 aromatic carbocycles. The van der Waals surface area contributed by atoms with Gasteiger partial charge in [-0.15, -0.1) is 0 Å². The summed E-state index contributed by atoms with van der Waals surface area (Å²) in [6.45, 7) is 11.0. The lowest BCUT2D eigenvalue weighted by molar-refractivity contribution is -0.122. The molecule has 0 spiro atoms. The van der Waals surface area contributed by atoms with Crippen molar-refractivity contribution >= 4 is 5.78 Å². The SMILES string of the molecule is CC(C)C(=O)CCC1CCCN(C(C)C)C1. The summed E-state index contributed by atoms with van der Waals surface area (Å²) in [5.74, 6) is 1.39. The van der Waals surface area contributed by atoms with E-state index in [1.807, 2.05) is 13.8 Å². The van der Waals surface area contributed by atoms with Crippen molar-refractivity contribution in [2.24, 2.45) is 11.8 Å². The molecule has 0 aromatic heterocycles. The third kappa shape index (κ3) is 4.25. The quantitative estimate of drug-likeness (QED) is 0.716. The average Bonchev–Trinajstić information content (AvgIpc) is 2.26. The molecule has 1 rings (SSSR count). The third-order valence-corrected chi connectivity index (χ3v) is 3.72. The Morgan fingerprint density at radius 2 is 2.00 bits per heavy atom. The molecule has 0 aromatic rings. The Kier molecular flexibility index (Phi) is 5.47. The van der Waals surface area contributed by atoms with Gasteiger partial charge >= 0.3 is 0 Å². The number of likely N-dealkylation sites (tertiary alicyclic amines) is 1. The molecule has 0 radical (unpaired) electrons. The molecule has 94 valence electrons. The van der Waals surface area contributed by atoms with Crippen LogP contribution in [-0.2, 0) is 4.79 Å². The number of carbonyl (C=O) groups is 1. The van der Waals surface area contributed by atoms with Crippen molar-refractivity contribution < 1.29 is 4.79 Å². The highest BCUT2D eigenvalue weighted by atomic mass is 16.1. The van der Waals surface area contributed by atoms with Crippen LogP contribution in [0.25, 0.3) is 0 Å². The number of ketones is 1. The minimum absolute atomic E-state index is 0.213. The van der Waals surface area contributed by atoms with Gasteiger partial charge in [0.15, 0.2) is 0 Å². The predicted molar refractivity (Wildman–Crippen MR) is 68.5 cm³/mol. The van der Waals surface area contributed by atoms with E-state index in [1.54, 1.807) is 0 Å². The van der Waals surface area contributed by atoms with Crippen LogP contribution in [0.5, 0.6) is 0 Å². The number of nitrogens with zero attached hydrogens (tertiary/aromatic N) is 1. The van der Waals surface area contributed by atoms with Crippen molar-refractivity contribution in [2.75, 3.05) is 13.1 Å². The summed E-state index contributed by atoms with van der Waals surface area (Å²) >= 11 is 0. The minimum atomic E-state index is 0.213. The van der Waals surface area contributed by atoms with Gasteiger partial charge in [0.05, 0.1) is 0 Å². The Bertz CT molecular complexity index is 223. The second-order valence-electron chi connectivity index (χ2n) is 5.76. The normalized spacial score (nSPS) is 23.0. The van der Waals surface area contributed by atoms with Crippen LogP contribution < -0.4 is 0 Å². The lowest BCUT2D eigenvalue weighted by Gasteiger charge is -2.35. The molecule has 1 aliphatic rings. The predicted octanol–water partition coefficient (Wildman–Crippen LogP) is 3.11. The maximum atomic E-state index is 11.6. The van der Waals surface area contributed by atoms with Gasteiger partial charge in [0.1, 0.15) is 5.78 Å². The van der Waals surface area contributed by atoms with Crippen molar-refractivity contribution in [3.05, 3.63) is 0 Å². The molecule has 16 heavy (non-hydrogen) atoms. The number of piperidine rings is 1. The van der Waals surface area contributed by atoms with Crippen LogP contribution in [0.1, 0.15) is 53.4 Å². The van der Waals surface area contributed by atoms with Crippen LogP contribution in [0, 0.1) is 11.8 Å². The summed E-state index contributed by atoms with van der Waals surface area (Å²) in [7, 11) is 0. The van der Waals surface area contributed by atoms with E-state index in [9.17, 15) is 4.79 Å². The number of hydrogen-bond acceptors (Lipinski definition) is 2. The average molecular weight is 225 g/mol. The second kappa shape index (κ2) is 6.39. The first-order valence-electron chi connectivity index (χ1n) is 6.77. The number of hydrogen-bond donors (Lipinski definition) is 0. The molecule has 0 amide bonds. The lowest BCUT2D eigenvalue weighted by atomic mass is 9.90. The maximum absolute atomic E-state index is 11.6. The van der Waals surface area contributed by atoms with Crippen LogP contribution in [0.15, 0.2) is 0 Å². The van der Waals surface area contributed by atoms with E-state index >= 15 is 0 Å². The van der Waals surface area contributed by atoms with Crippen molar-refractivity contribution in [3.8, 4) is 0 Å². The fraction of sp³-hybridized carbons (Fsp3) is 0.929. The smallest absolute Gasteiger partial charge is 0.135 e. The highest BCUT2D eigenvalue weighted by Crippen LogP contribution is 2.23. The summed E-state index contributed by atoms with van der Waals surface area (Å²) in [5, 5.41) is 0. The molecule has 0 saturated carbocycles. The van der Waals surface area contributed by atoms with E-state index in [4.69, 9.17) is 0 Å². The van der Waals surface area contributed by atoms with E-state index in [0.717, 1.165) is 18.8 Å². The molecule has 1 heterocycles. The Hall–Kier alpha value is -0.370. The molecule has 2 nitrogen and oxygen atoms in total. The first-order chi connectivity index (χ1) is 7.50. The van der Waals surface area contributed by atoms with E-state index in [1.165, 1.54) is 25.9 Å². The van der Waals surface area contributed by atoms with Gasteiger partial charge in [-0.25, -0.2) is 0 Å². The van der Waals surface area contributed by atoms with Crippen LogP contribution in [0.3, 0.4) is 0 Å². The first-order valence-corrected chi connectivity index (χ1v) is 6.77. The second-order valence-corrected chi connectivity index (χ2v) is 5.76. The Labute approximate surface area is 100 Å². The van der Waals surface area contributed by atoms with Crippen LogP contribution >= 0.6 is 0 Å². The Morgan fingerprint density at radius 1 is 1.31 bits per heavy atom. The molecule has 1 saturated heterocycles. The van der Waals surface area contributed by atoms with E-state index in [2.05, 4.69) is 18.7 Å². The standard InChI is InChI=1S/C14H27NO/c1-11(2)14(16)8-7-13-6-5-9-15(10-13)12(3)4/h11-13H,5-10H2,1-4H3. The summed E-state index contributed by atoms with van der Waals surface area (Å²) < 4.78 is 0. The van der Waals surface area contributed by atoms with Gasteiger partial charge in [-0.2, -0.15) is 0 Å². The zero-order valence-corrected chi connectivity index (χ0v) is 11.3. The molecule has 1 unspecified atom stereocenters. The molecule has 1 fully saturated rings. The van der Waals surface area contributed by atoms with Gasteiger partial charge in [0.2, 0.25) is 0 Å². The molecular weight excluding hydrogens is 198 g/mol. The molecule has 1 aliphatic heterocycles. The van der Waals surface area contributed by atoms with E-state index < -0.39 is 0 Å². The van der Waals surface area contributed by atoms with Gasteiger partial charge in [0.25, 0.3) is 0 Å². The van der Waals surface area contributed by atoms with Gasteiger partial charge in [-0.05, 0) is 45.6 Å². The van der Waals surface area contributed by atoms with E-state index in [-0.39, 0.29) is 5.92 Å². The highest BCUT2D eigenvalue weighted by Gasteiger charge is 2.22. The maximum Gasteiger partial charge on any atom is 0.135 e.